The van der Waals surface area contributed by atoms with Crippen molar-refractivity contribution in [3.8, 4) is 0 Å². The maximum absolute atomic E-state index is 12.3. The number of nitrogens with one attached hydrogen (secondary N) is 4. The summed E-state index contributed by atoms with van der Waals surface area (Å²) in [5.74, 6) is -2.98. The van der Waals surface area contributed by atoms with Gasteiger partial charge in [0.2, 0.25) is 17.7 Å². The van der Waals surface area contributed by atoms with Gasteiger partial charge >= 0.3 is 5.97 Å². The van der Waals surface area contributed by atoms with Crippen LogP contribution in [0.25, 0.3) is 0 Å². The van der Waals surface area contributed by atoms with Crippen LogP contribution in [0.15, 0.2) is 0 Å². The van der Waals surface area contributed by atoms with E-state index in [0.29, 0.717) is 32.4 Å². The lowest BCUT2D eigenvalue weighted by molar-refractivity contribution is -0.142. The molecule has 1 aliphatic heterocycles. The average molecular weight is 401 g/mol. The van der Waals surface area contributed by atoms with Crippen LogP contribution in [0, 0.1) is 0 Å². The number of aliphatic hydroxyl groups is 1. The summed E-state index contributed by atoms with van der Waals surface area (Å²) in [6, 6.07) is -2.71. The van der Waals surface area contributed by atoms with Crippen molar-refractivity contribution in [3.63, 3.8) is 0 Å². The van der Waals surface area contributed by atoms with E-state index in [9.17, 15) is 24.3 Å². The molecule has 0 aromatic carbocycles. The Balaban J connectivity index is 2.50. The van der Waals surface area contributed by atoms with Gasteiger partial charge in [0, 0.05) is 0 Å². The Morgan fingerprint density at radius 3 is 2.46 bits per heavy atom. The molecule has 0 spiro atoms. The van der Waals surface area contributed by atoms with Crippen molar-refractivity contribution in [1.29, 1.82) is 0 Å². The summed E-state index contributed by atoms with van der Waals surface area (Å²) >= 11 is 0. The monoisotopic (exact) mass is 401 g/mol. The largest absolute Gasteiger partial charge is 0.480 e. The fourth-order valence-corrected chi connectivity index (χ4v) is 2.84. The normalized spacial score (nSPS) is 19.3. The Bertz CT molecular complexity index is 550. The minimum absolute atomic E-state index is 0.229. The zero-order chi connectivity index (χ0) is 21.1. The number of carboxylic acid groups (broad SMARTS) is 1. The SMILES string of the molecule is CC(O)C(NC(=O)C1CCCN1)C(=O)NCC(=O)NC(CCCCN)C(=O)O. The number of amides is 3. The van der Waals surface area contributed by atoms with Crippen LogP contribution >= 0.6 is 0 Å². The molecule has 28 heavy (non-hydrogen) atoms. The number of aliphatic carboxylic acids is 1. The molecule has 0 aromatic heterocycles. The number of carboxylic acids is 1. The second-order valence-corrected chi connectivity index (χ2v) is 6.84. The first-order valence-electron chi connectivity index (χ1n) is 9.48. The van der Waals surface area contributed by atoms with Crippen LogP contribution in [0.1, 0.15) is 39.0 Å². The number of carbonyl (C=O) groups excluding carboxylic acids is 3. The van der Waals surface area contributed by atoms with Gasteiger partial charge in [-0.25, -0.2) is 4.79 Å². The third kappa shape index (κ3) is 8.19. The molecule has 0 saturated carbocycles. The maximum Gasteiger partial charge on any atom is 0.326 e. The lowest BCUT2D eigenvalue weighted by atomic mass is 10.1. The smallest absolute Gasteiger partial charge is 0.326 e. The van der Waals surface area contributed by atoms with Gasteiger partial charge in [-0.05, 0) is 52.1 Å². The van der Waals surface area contributed by atoms with Gasteiger partial charge in [0.15, 0.2) is 0 Å². The van der Waals surface area contributed by atoms with Gasteiger partial charge in [-0.2, -0.15) is 0 Å². The Hall–Kier alpha value is -2.24. The first-order chi connectivity index (χ1) is 13.3. The predicted molar refractivity (Wildman–Crippen MR) is 100 cm³/mol. The van der Waals surface area contributed by atoms with E-state index in [-0.39, 0.29) is 6.42 Å². The van der Waals surface area contributed by atoms with E-state index in [1.807, 2.05) is 0 Å². The van der Waals surface area contributed by atoms with Gasteiger partial charge in [0.05, 0.1) is 18.7 Å². The second-order valence-electron chi connectivity index (χ2n) is 6.84. The molecular formula is C17H31N5O6. The van der Waals surface area contributed by atoms with Crippen LogP contribution in [-0.4, -0.2) is 77.8 Å². The van der Waals surface area contributed by atoms with Gasteiger partial charge in [-0.3, -0.25) is 14.4 Å². The van der Waals surface area contributed by atoms with E-state index in [4.69, 9.17) is 10.8 Å². The maximum atomic E-state index is 12.3. The zero-order valence-corrected chi connectivity index (χ0v) is 16.1. The molecule has 1 fully saturated rings. The summed E-state index contributed by atoms with van der Waals surface area (Å²) in [5, 5.41) is 29.0. The topological polar surface area (TPSA) is 183 Å². The summed E-state index contributed by atoms with van der Waals surface area (Å²) in [6.45, 7) is 2.02. The van der Waals surface area contributed by atoms with E-state index in [2.05, 4.69) is 21.3 Å². The molecule has 4 unspecified atom stereocenters. The number of hydrogen-bond donors (Lipinski definition) is 7. The van der Waals surface area contributed by atoms with Gasteiger partial charge < -0.3 is 37.2 Å². The summed E-state index contributed by atoms with van der Waals surface area (Å²) < 4.78 is 0. The minimum atomic E-state index is -1.22. The van der Waals surface area contributed by atoms with Crippen molar-refractivity contribution >= 4 is 23.7 Å². The summed E-state index contributed by atoms with van der Waals surface area (Å²) in [4.78, 5) is 47.5. The Morgan fingerprint density at radius 2 is 1.93 bits per heavy atom. The highest BCUT2D eigenvalue weighted by atomic mass is 16.4. The summed E-state index contributed by atoms with van der Waals surface area (Å²) in [7, 11) is 0. The molecule has 8 N–H and O–H groups in total. The molecule has 4 atom stereocenters. The molecule has 0 bridgehead atoms. The van der Waals surface area contributed by atoms with Crippen molar-refractivity contribution in [2.45, 2.75) is 63.3 Å². The fraction of sp³-hybridized carbons (Fsp3) is 0.765. The first-order valence-corrected chi connectivity index (χ1v) is 9.48. The van der Waals surface area contributed by atoms with Crippen LogP contribution in [-0.2, 0) is 19.2 Å². The Morgan fingerprint density at radius 1 is 1.21 bits per heavy atom. The standard InChI is InChI=1S/C17H31N5O6/c1-10(23)14(22-15(25)11-6-4-8-19-11)16(26)20-9-13(24)21-12(17(27)28)5-2-3-7-18/h10-12,14,19,23H,2-9,18H2,1H3,(H,20,26)(H,21,24)(H,22,25)(H,27,28). The molecule has 11 nitrogen and oxygen atoms in total. The number of carbonyl (C=O) groups is 4. The molecule has 1 rings (SSSR count). The molecule has 11 heteroatoms. The highest BCUT2D eigenvalue weighted by Crippen LogP contribution is 2.06. The third-order valence-corrected chi connectivity index (χ3v) is 4.44. The van der Waals surface area contributed by atoms with Gasteiger partial charge in [0.25, 0.3) is 0 Å². The molecule has 1 aliphatic rings. The zero-order valence-electron chi connectivity index (χ0n) is 16.1. The number of unbranched alkanes of at least 4 members (excludes halogenated alkanes) is 1. The second kappa shape index (κ2) is 12.3. The van der Waals surface area contributed by atoms with Gasteiger partial charge in [-0.1, -0.05) is 0 Å². The van der Waals surface area contributed by atoms with E-state index in [1.54, 1.807) is 0 Å². The Labute approximate surface area is 163 Å². The number of nitrogens with two attached hydrogens (primary N) is 1. The van der Waals surface area contributed by atoms with Crippen LogP contribution in [0.4, 0.5) is 0 Å². The molecule has 3 amide bonds. The van der Waals surface area contributed by atoms with Crippen LogP contribution < -0.4 is 27.0 Å². The fourth-order valence-electron chi connectivity index (χ4n) is 2.84. The first kappa shape index (κ1) is 23.8. The van der Waals surface area contributed by atoms with E-state index < -0.39 is 54.5 Å². The molecule has 1 saturated heterocycles. The molecule has 0 aromatic rings. The molecule has 160 valence electrons. The van der Waals surface area contributed by atoms with E-state index in [1.165, 1.54) is 6.92 Å². The minimum Gasteiger partial charge on any atom is -0.480 e. The van der Waals surface area contributed by atoms with Gasteiger partial charge in [-0.15, -0.1) is 0 Å². The predicted octanol–water partition coefficient (Wildman–Crippen LogP) is -2.58. The van der Waals surface area contributed by atoms with Crippen molar-refractivity contribution in [3.05, 3.63) is 0 Å². The van der Waals surface area contributed by atoms with Crippen molar-refractivity contribution in [2.75, 3.05) is 19.6 Å². The third-order valence-electron chi connectivity index (χ3n) is 4.44. The van der Waals surface area contributed by atoms with Crippen LogP contribution in [0.5, 0.6) is 0 Å². The van der Waals surface area contributed by atoms with Crippen molar-refractivity contribution < 1.29 is 29.4 Å². The van der Waals surface area contributed by atoms with E-state index in [0.717, 1.165) is 6.42 Å². The lowest BCUT2D eigenvalue weighted by Crippen LogP contribution is -2.57. The summed E-state index contributed by atoms with van der Waals surface area (Å²) in [5.41, 5.74) is 5.36. The van der Waals surface area contributed by atoms with Crippen LogP contribution in [0.2, 0.25) is 0 Å². The molecular weight excluding hydrogens is 370 g/mol. The number of aliphatic hydroxyl groups excluding tert-OH is 1. The highest BCUT2D eigenvalue weighted by molar-refractivity contribution is 5.93. The molecule has 0 radical (unpaired) electrons. The number of rotatable bonds is 12. The van der Waals surface area contributed by atoms with Crippen molar-refractivity contribution in [2.24, 2.45) is 5.73 Å². The van der Waals surface area contributed by atoms with Gasteiger partial charge in [0.1, 0.15) is 12.1 Å². The van der Waals surface area contributed by atoms with E-state index >= 15 is 0 Å². The number of hydrogen-bond acceptors (Lipinski definition) is 7. The molecule has 1 heterocycles. The van der Waals surface area contributed by atoms with Crippen molar-refractivity contribution in [1.82, 2.24) is 21.3 Å². The average Bonchev–Trinajstić information content (AvgIpc) is 3.17. The highest BCUT2D eigenvalue weighted by Gasteiger charge is 2.30. The van der Waals surface area contributed by atoms with Crippen LogP contribution in [0.3, 0.4) is 0 Å². The quantitative estimate of drug-likeness (QED) is 0.174. The summed E-state index contributed by atoms with van der Waals surface area (Å²) in [6.07, 6.45) is 1.74. The molecule has 0 aliphatic carbocycles. The Kier molecular flexibility index (Phi) is 10.4. The lowest BCUT2D eigenvalue weighted by Gasteiger charge is -2.23.